The summed E-state index contributed by atoms with van der Waals surface area (Å²) in [4.78, 5) is 18.1. The van der Waals surface area contributed by atoms with Gasteiger partial charge in [-0.15, -0.1) is 0 Å². The first-order valence-corrected chi connectivity index (χ1v) is 10.6. The van der Waals surface area contributed by atoms with Crippen LogP contribution in [0.15, 0.2) is 54.0 Å². The van der Waals surface area contributed by atoms with Gasteiger partial charge in [-0.25, -0.2) is 0 Å². The Bertz CT molecular complexity index is 942. The van der Waals surface area contributed by atoms with Crippen molar-refractivity contribution >= 4 is 28.3 Å². The molecule has 1 aromatic carbocycles. The SMILES string of the molecule is C=C(S/C(=C\C)C(=O)N1CCN(c2ccccc2)CC1)c1cc(C(C)(F)F)n(C)n1. The van der Waals surface area contributed by atoms with Gasteiger partial charge < -0.3 is 9.80 Å². The van der Waals surface area contributed by atoms with E-state index in [0.717, 1.165) is 30.4 Å². The number of allylic oxidation sites excluding steroid dienone is 1. The third-order valence-electron chi connectivity index (χ3n) is 5.01. The van der Waals surface area contributed by atoms with E-state index in [1.807, 2.05) is 23.1 Å². The Balaban J connectivity index is 1.63. The van der Waals surface area contributed by atoms with Gasteiger partial charge in [-0.05, 0) is 25.1 Å². The normalized spacial score (nSPS) is 15.4. The predicted molar refractivity (Wildman–Crippen MR) is 118 cm³/mol. The number of benzene rings is 1. The maximum Gasteiger partial charge on any atom is 0.286 e. The minimum Gasteiger partial charge on any atom is -0.368 e. The van der Waals surface area contributed by atoms with Crippen LogP contribution in [0.25, 0.3) is 4.91 Å². The highest BCUT2D eigenvalue weighted by Gasteiger charge is 2.30. The number of carbonyl (C=O) groups excluding carboxylic acids is 1. The molecule has 2 heterocycles. The van der Waals surface area contributed by atoms with E-state index >= 15 is 0 Å². The zero-order valence-electron chi connectivity index (χ0n) is 17.4. The zero-order valence-corrected chi connectivity index (χ0v) is 18.3. The number of anilines is 1. The van der Waals surface area contributed by atoms with E-state index in [-0.39, 0.29) is 11.6 Å². The molecule has 5 nitrogen and oxygen atoms in total. The number of amides is 1. The third-order valence-corrected chi connectivity index (χ3v) is 6.10. The number of aryl methyl sites for hydroxylation is 1. The predicted octanol–water partition coefficient (Wildman–Crippen LogP) is 4.49. The van der Waals surface area contributed by atoms with Gasteiger partial charge >= 0.3 is 0 Å². The van der Waals surface area contributed by atoms with E-state index in [2.05, 4.69) is 28.7 Å². The lowest BCUT2D eigenvalue weighted by Crippen LogP contribution is -2.49. The van der Waals surface area contributed by atoms with Crippen molar-refractivity contribution in [2.45, 2.75) is 19.8 Å². The zero-order chi connectivity index (χ0) is 21.9. The standard InChI is InChI=1S/C22H26F2N4OS/c1-5-19(30-16(2)18-15-20(22(3,23)24)26(4)25-18)21(29)28-13-11-27(12-14-28)17-9-7-6-8-10-17/h5-10,15H,2,11-14H2,1,3-4H3/b19-5-. The van der Waals surface area contributed by atoms with Crippen LogP contribution < -0.4 is 4.90 Å². The molecule has 1 fully saturated rings. The van der Waals surface area contributed by atoms with Crippen LogP contribution in [0.5, 0.6) is 0 Å². The Labute approximate surface area is 180 Å². The van der Waals surface area contributed by atoms with Crippen molar-refractivity contribution < 1.29 is 13.6 Å². The van der Waals surface area contributed by atoms with Gasteiger partial charge in [-0.1, -0.05) is 42.6 Å². The van der Waals surface area contributed by atoms with E-state index < -0.39 is 5.92 Å². The maximum atomic E-state index is 13.7. The first-order chi connectivity index (χ1) is 14.2. The van der Waals surface area contributed by atoms with E-state index in [1.165, 1.54) is 24.9 Å². The van der Waals surface area contributed by atoms with E-state index in [1.54, 1.807) is 13.0 Å². The Morgan fingerprint density at radius 1 is 1.20 bits per heavy atom. The average molecular weight is 433 g/mol. The second kappa shape index (κ2) is 9.04. The summed E-state index contributed by atoms with van der Waals surface area (Å²) in [7, 11) is 1.47. The Morgan fingerprint density at radius 3 is 2.37 bits per heavy atom. The Kier molecular flexibility index (Phi) is 6.65. The molecule has 0 unspecified atom stereocenters. The molecule has 0 bridgehead atoms. The lowest BCUT2D eigenvalue weighted by atomic mass is 10.2. The number of carbonyl (C=O) groups is 1. The lowest BCUT2D eigenvalue weighted by Gasteiger charge is -2.36. The molecule has 0 spiro atoms. The molecule has 0 N–H and O–H groups in total. The molecular formula is C22H26F2N4OS. The molecule has 2 aromatic rings. The molecule has 0 radical (unpaired) electrons. The molecule has 1 aliphatic rings. The van der Waals surface area contributed by atoms with Crippen LogP contribution >= 0.6 is 11.8 Å². The Hall–Kier alpha value is -2.61. The number of hydrogen-bond donors (Lipinski definition) is 0. The molecular weight excluding hydrogens is 406 g/mol. The average Bonchev–Trinajstić information content (AvgIpc) is 3.14. The quantitative estimate of drug-likeness (QED) is 0.631. The third kappa shape index (κ3) is 4.92. The first-order valence-electron chi connectivity index (χ1n) is 9.75. The van der Waals surface area contributed by atoms with Crippen LogP contribution in [0.1, 0.15) is 25.2 Å². The molecule has 1 amide bonds. The molecule has 0 saturated carbocycles. The summed E-state index contributed by atoms with van der Waals surface area (Å²) in [5.41, 5.74) is 1.31. The smallest absolute Gasteiger partial charge is 0.286 e. The van der Waals surface area contributed by atoms with Gasteiger partial charge in [0.15, 0.2) is 0 Å². The summed E-state index contributed by atoms with van der Waals surface area (Å²) < 4.78 is 28.5. The summed E-state index contributed by atoms with van der Waals surface area (Å²) in [6, 6.07) is 11.4. The van der Waals surface area contributed by atoms with Crippen LogP contribution in [0.3, 0.4) is 0 Å². The number of para-hydroxylation sites is 1. The highest BCUT2D eigenvalue weighted by molar-refractivity contribution is 8.12. The number of alkyl halides is 2. The fraction of sp³-hybridized carbons (Fsp3) is 0.364. The van der Waals surface area contributed by atoms with E-state index in [4.69, 9.17) is 0 Å². The molecule has 0 atom stereocenters. The van der Waals surface area contributed by atoms with Crippen molar-refractivity contribution in [1.82, 2.24) is 14.7 Å². The second-order valence-electron chi connectivity index (χ2n) is 7.22. The largest absolute Gasteiger partial charge is 0.368 e. The lowest BCUT2D eigenvalue weighted by molar-refractivity contribution is -0.126. The van der Waals surface area contributed by atoms with Crippen molar-refractivity contribution in [2.75, 3.05) is 31.1 Å². The minimum atomic E-state index is -3.00. The van der Waals surface area contributed by atoms with Crippen LogP contribution in [0.4, 0.5) is 14.5 Å². The number of piperazine rings is 1. The van der Waals surface area contributed by atoms with Crippen LogP contribution in [0, 0.1) is 0 Å². The molecule has 3 rings (SSSR count). The highest BCUT2D eigenvalue weighted by Crippen LogP contribution is 2.35. The van der Waals surface area contributed by atoms with Gasteiger partial charge in [-0.3, -0.25) is 9.48 Å². The summed E-state index contributed by atoms with van der Waals surface area (Å²) in [5, 5.41) is 4.14. The van der Waals surface area contributed by atoms with Crippen LogP contribution in [-0.2, 0) is 17.8 Å². The van der Waals surface area contributed by atoms with E-state index in [0.29, 0.717) is 28.6 Å². The summed E-state index contributed by atoms with van der Waals surface area (Å²) in [6.45, 7) is 9.33. The monoisotopic (exact) mass is 432 g/mol. The fourth-order valence-corrected chi connectivity index (χ4v) is 4.19. The summed E-state index contributed by atoms with van der Waals surface area (Å²) >= 11 is 1.17. The molecule has 1 aromatic heterocycles. The van der Waals surface area contributed by atoms with Gasteiger partial charge in [0.1, 0.15) is 5.69 Å². The number of aromatic nitrogens is 2. The number of hydrogen-bond acceptors (Lipinski definition) is 4. The van der Waals surface area contributed by atoms with Gasteiger partial charge in [0, 0.05) is 50.7 Å². The van der Waals surface area contributed by atoms with Crippen LogP contribution in [0.2, 0.25) is 0 Å². The topological polar surface area (TPSA) is 41.4 Å². The minimum absolute atomic E-state index is 0.0756. The van der Waals surface area contributed by atoms with Crippen LogP contribution in [-0.4, -0.2) is 46.8 Å². The summed E-state index contributed by atoms with van der Waals surface area (Å²) in [5.74, 6) is -3.07. The first kappa shape index (κ1) is 22.1. The number of thioether (sulfide) groups is 1. The van der Waals surface area contributed by atoms with Gasteiger partial charge in [0.05, 0.1) is 10.6 Å². The molecule has 0 aliphatic carbocycles. The van der Waals surface area contributed by atoms with Crippen molar-refractivity contribution in [2.24, 2.45) is 7.05 Å². The van der Waals surface area contributed by atoms with Crippen molar-refractivity contribution in [3.63, 3.8) is 0 Å². The molecule has 1 saturated heterocycles. The van der Waals surface area contributed by atoms with Gasteiger partial charge in [-0.2, -0.15) is 13.9 Å². The van der Waals surface area contributed by atoms with Crippen molar-refractivity contribution in [3.05, 3.63) is 65.3 Å². The fourth-order valence-electron chi connectivity index (χ4n) is 3.39. The molecule has 8 heteroatoms. The summed E-state index contributed by atoms with van der Waals surface area (Å²) in [6.07, 6.45) is 1.74. The van der Waals surface area contributed by atoms with Crippen molar-refractivity contribution in [3.8, 4) is 0 Å². The highest BCUT2D eigenvalue weighted by atomic mass is 32.2. The second-order valence-corrected chi connectivity index (χ2v) is 8.36. The Morgan fingerprint density at radius 2 is 1.83 bits per heavy atom. The number of halogens is 2. The molecule has 160 valence electrons. The molecule has 30 heavy (non-hydrogen) atoms. The number of rotatable bonds is 6. The van der Waals surface area contributed by atoms with E-state index in [9.17, 15) is 13.6 Å². The van der Waals surface area contributed by atoms with Crippen molar-refractivity contribution in [1.29, 1.82) is 0 Å². The number of nitrogens with zero attached hydrogens (tertiary/aromatic N) is 4. The molecule has 1 aliphatic heterocycles. The maximum absolute atomic E-state index is 13.7. The van der Waals surface area contributed by atoms with Gasteiger partial charge in [0.25, 0.3) is 11.8 Å². The van der Waals surface area contributed by atoms with Gasteiger partial charge in [0.2, 0.25) is 0 Å².